The maximum Gasteiger partial charge on any atom is -0.0235 e. The molecule has 0 N–H and O–H groups in total. The second kappa shape index (κ2) is 1.21. The minimum Gasteiger partial charge on any atom is -0.0622 e. The van der Waals surface area contributed by atoms with Crippen molar-refractivity contribution >= 4 is 0 Å². The first kappa shape index (κ1) is 5.76. The van der Waals surface area contributed by atoms with Crippen LogP contribution in [0.4, 0.5) is 0 Å². The van der Waals surface area contributed by atoms with Crippen molar-refractivity contribution in [1.29, 1.82) is 0 Å². The van der Waals surface area contributed by atoms with Crippen LogP contribution in [0.25, 0.3) is 0 Å². The third-order valence-electron chi connectivity index (χ3n) is 3.95. The predicted octanol–water partition coefficient (Wildman–Crippen LogP) is 2.54. The summed E-state index contributed by atoms with van der Waals surface area (Å²) in [6.45, 7) is 9.56. The molecule has 2 rings (SSSR count). The summed E-state index contributed by atoms with van der Waals surface area (Å²) >= 11 is 0. The Morgan fingerprint density at radius 1 is 1.22 bits per heavy atom. The highest BCUT2D eigenvalue weighted by atomic mass is 14.8. The average molecular weight is 124 g/mol. The van der Waals surface area contributed by atoms with Crippen LogP contribution in [-0.2, 0) is 0 Å². The van der Waals surface area contributed by atoms with Gasteiger partial charge in [0, 0.05) is 0 Å². The minimum atomic E-state index is 0.777. The Morgan fingerprint density at radius 2 is 1.67 bits per heavy atom. The quantitative estimate of drug-likeness (QED) is 0.504. The fourth-order valence-electron chi connectivity index (χ4n) is 2.85. The van der Waals surface area contributed by atoms with Crippen molar-refractivity contribution in [2.45, 2.75) is 27.7 Å². The van der Waals surface area contributed by atoms with E-state index in [4.69, 9.17) is 0 Å². The first-order valence-electron chi connectivity index (χ1n) is 4.10. The van der Waals surface area contributed by atoms with E-state index in [-0.39, 0.29) is 0 Å². The van der Waals surface area contributed by atoms with Gasteiger partial charge in [0.2, 0.25) is 0 Å². The number of hydrogen-bond donors (Lipinski definition) is 0. The lowest BCUT2D eigenvalue weighted by Crippen LogP contribution is -2.18. The summed E-state index contributed by atoms with van der Waals surface area (Å²) in [5, 5.41) is 0. The number of hydrogen-bond acceptors (Lipinski definition) is 0. The van der Waals surface area contributed by atoms with Gasteiger partial charge < -0.3 is 0 Å². The molecule has 0 radical (unpaired) electrons. The van der Waals surface area contributed by atoms with Gasteiger partial charge in [0.25, 0.3) is 0 Å². The first-order chi connectivity index (χ1) is 4.10. The summed E-state index contributed by atoms with van der Waals surface area (Å²) in [6.07, 6.45) is 0. The highest BCUT2D eigenvalue weighted by Gasteiger charge is 2.79. The van der Waals surface area contributed by atoms with Crippen LogP contribution < -0.4 is 0 Å². The molecule has 2 atom stereocenters. The van der Waals surface area contributed by atoms with Gasteiger partial charge >= 0.3 is 0 Å². The van der Waals surface area contributed by atoms with Crippen LogP contribution in [0.1, 0.15) is 27.7 Å². The van der Waals surface area contributed by atoms with E-state index in [0.717, 1.165) is 29.1 Å². The topological polar surface area (TPSA) is 0 Å². The first-order valence-corrected chi connectivity index (χ1v) is 4.10. The van der Waals surface area contributed by atoms with Gasteiger partial charge in [0.05, 0.1) is 0 Å². The summed E-state index contributed by atoms with van der Waals surface area (Å²) in [7, 11) is 0. The summed E-state index contributed by atoms with van der Waals surface area (Å²) in [5.74, 6) is 4.25. The van der Waals surface area contributed by atoms with Crippen molar-refractivity contribution in [2.24, 2.45) is 29.1 Å². The van der Waals surface area contributed by atoms with E-state index in [1.54, 1.807) is 0 Å². The van der Waals surface area contributed by atoms with Crippen LogP contribution in [-0.4, -0.2) is 0 Å². The summed E-state index contributed by atoms with van der Waals surface area (Å²) in [6, 6.07) is 0. The molecule has 0 bridgehead atoms. The Balaban J connectivity index is 2.03. The molecule has 0 aromatic rings. The maximum absolute atomic E-state index is 2.45. The van der Waals surface area contributed by atoms with Crippen molar-refractivity contribution in [3.63, 3.8) is 0 Å². The Bertz CT molecular complexity index is 136. The van der Waals surface area contributed by atoms with Gasteiger partial charge in [-0.15, -0.1) is 0 Å². The largest absolute Gasteiger partial charge is 0.0622 e. The normalized spacial score (nSPS) is 61.7. The van der Waals surface area contributed by atoms with E-state index in [1.807, 2.05) is 0 Å². The van der Waals surface area contributed by atoms with E-state index in [9.17, 15) is 0 Å². The molecule has 2 aliphatic rings. The second-order valence-electron chi connectivity index (χ2n) is 4.43. The van der Waals surface area contributed by atoms with Crippen LogP contribution >= 0.6 is 0 Å². The molecule has 52 valence electrons. The molecule has 0 aromatic carbocycles. The van der Waals surface area contributed by atoms with Crippen molar-refractivity contribution in [3.8, 4) is 0 Å². The van der Waals surface area contributed by atoms with Gasteiger partial charge in [-0.3, -0.25) is 0 Å². The van der Waals surface area contributed by atoms with Gasteiger partial charge in [0.15, 0.2) is 0 Å². The molecule has 0 heteroatoms. The molecule has 0 aromatic heterocycles. The van der Waals surface area contributed by atoms with E-state index in [2.05, 4.69) is 27.7 Å². The lowest BCUT2D eigenvalue weighted by molar-refractivity contribution is 0.245. The Hall–Kier alpha value is 0. The lowest BCUT2D eigenvalue weighted by atomic mass is 9.81. The molecule has 2 aliphatic carbocycles. The van der Waals surface area contributed by atoms with Crippen LogP contribution in [0.2, 0.25) is 0 Å². The van der Waals surface area contributed by atoms with Crippen LogP contribution in [0.3, 0.4) is 0 Å². The molecule has 0 heterocycles. The molecule has 0 aliphatic heterocycles. The van der Waals surface area contributed by atoms with Crippen LogP contribution in [0, 0.1) is 29.1 Å². The molecular weight excluding hydrogens is 108 g/mol. The molecule has 0 amide bonds. The Morgan fingerprint density at radius 3 is 1.78 bits per heavy atom. The second-order valence-corrected chi connectivity index (χ2v) is 4.43. The highest BCUT2D eigenvalue weighted by Crippen LogP contribution is 2.83. The summed E-state index contributed by atoms with van der Waals surface area (Å²) < 4.78 is 0. The zero-order valence-corrected chi connectivity index (χ0v) is 6.81. The molecule has 2 unspecified atom stereocenters. The third kappa shape index (κ3) is 0.426. The average Bonchev–Trinajstić information content (AvgIpc) is 2.56. The Kier molecular flexibility index (Phi) is 0.774. The van der Waals surface area contributed by atoms with E-state index in [1.165, 1.54) is 0 Å². The van der Waals surface area contributed by atoms with Gasteiger partial charge in [-0.2, -0.15) is 0 Å². The van der Waals surface area contributed by atoms with Crippen molar-refractivity contribution in [1.82, 2.24) is 0 Å². The molecule has 0 nitrogen and oxygen atoms in total. The van der Waals surface area contributed by atoms with Crippen molar-refractivity contribution < 1.29 is 0 Å². The minimum absolute atomic E-state index is 0.777. The molecule has 0 spiro atoms. The van der Waals surface area contributed by atoms with Gasteiger partial charge in [-0.05, 0) is 29.1 Å². The van der Waals surface area contributed by atoms with Crippen molar-refractivity contribution in [2.75, 3.05) is 0 Å². The van der Waals surface area contributed by atoms with Gasteiger partial charge in [0.1, 0.15) is 0 Å². The highest BCUT2D eigenvalue weighted by molar-refractivity contribution is 5.26. The zero-order valence-electron chi connectivity index (χ0n) is 6.81. The SMILES string of the molecule is CC1C2C1C2(C)C(C)C. The molecular formula is C9H16. The summed E-state index contributed by atoms with van der Waals surface area (Å²) in [5.41, 5.74) is 0.777. The van der Waals surface area contributed by atoms with Gasteiger partial charge in [-0.25, -0.2) is 0 Å². The van der Waals surface area contributed by atoms with Gasteiger partial charge in [-0.1, -0.05) is 27.7 Å². The van der Waals surface area contributed by atoms with E-state index in [0.29, 0.717) is 0 Å². The predicted molar refractivity (Wildman–Crippen MR) is 39.1 cm³/mol. The lowest BCUT2D eigenvalue weighted by Gasteiger charge is -2.24. The standard InChI is InChI=1S/C9H16/c1-5(2)9(4)7-6(3)8(7)9/h5-8H,1-4H3. The van der Waals surface area contributed by atoms with E-state index >= 15 is 0 Å². The van der Waals surface area contributed by atoms with Crippen molar-refractivity contribution in [3.05, 3.63) is 0 Å². The number of fused-ring (bicyclic) bond motifs is 1. The fraction of sp³-hybridized carbons (Fsp3) is 1.00. The van der Waals surface area contributed by atoms with E-state index < -0.39 is 0 Å². The van der Waals surface area contributed by atoms with Crippen LogP contribution in [0.5, 0.6) is 0 Å². The third-order valence-corrected chi connectivity index (χ3v) is 3.95. The smallest absolute Gasteiger partial charge is 0.0235 e. The number of rotatable bonds is 1. The maximum atomic E-state index is 2.45. The fourth-order valence-corrected chi connectivity index (χ4v) is 2.85. The Labute approximate surface area is 57.6 Å². The van der Waals surface area contributed by atoms with Crippen LogP contribution in [0.15, 0.2) is 0 Å². The zero-order chi connectivity index (χ0) is 6.81. The molecule has 2 fully saturated rings. The molecule has 9 heavy (non-hydrogen) atoms. The summed E-state index contributed by atoms with van der Waals surface area (Å²) in [4.78, 5) is 0. The monoisotopic (exact) mass is 124 g/mol. The molecule has 2 saturated carbocycles. The molecule has 0 saturated heterocycles.